The van der Waals surface area contributed by atoms with Crippen molar-refractivity contribution in [1.82, 2.24) is 10.3 Å². The molecule has 0 radical (unpaired) electrons. The second kappa shape index (κ2) is 7.17. The highest BCUT2D eigenvalue weighted by molar-refractivity contribution is 9.10. The number of nitrogen functional groups attached to an aromatic ring is 1. The molecule has 0 bridgehead atoms. The van der Waals surface area contributed by atoms with Gasteiger partial charge in [-0.1, -0.05) is 28.1 Å². The Kier molecular flexibility index (Phi) is 5.52. The smallest absolute Gasteiger partial charge is 0.275 e. The van der Waals surface area contributed by atoms with Crippen LogP contribution in [0.4, 0.5) is 0 Å². The van der Waals surface area contributed by atoms with E-state index in [2.05, 4.69) is 45.4 Å². The molecule has 1 heterocycles. The number of carbonyl (C=O) groups is 1. The van der Waals surface area contributed by atoms with Crippen LogP contribution in [-0.2, 0) is 13.1 Å². The van der Waals surface area contributed by atoms with E-state index in [-0.39, 0.29) is 5.91 Å². The normalized spacial score (nSPS) is 10.9. The summed E-state index contributed by atoms with van der Waals surface area (Å²) in [5.74, 6) is 4.94. The van der Waals surface area contributed by atoms with Gasteiger partial charge in [-0.3, -0.25) is 15.1 Å². The standard InChI is InChI=1S/C15H18BrN3OS/c1-10-12(7-14(21-10)15(20)18-17)9-19(2)8-11-3-5-13(16)6-4-11/h3-7H,8-9,17H2,1-2H3,(H,18,20). The van der Waals surface area contributed by atoms with Gasteiger partial charge in [-0.25, -0.2) is 5.84 Å². The molecule has 2 rings (SSSR count). The van der Waals surface area contributed by atoms with Crippen LogP contribution in [0.1, 0.15) is 25.7 Å². The van der Waals surface area contributed by atoms with Crippen molar-refractivity contribution in [2.45, 2.75) is 20.0 Å². The van der Waals surface area contributed by atoms with E-state index in [1.807, 2.05) is 25.1 Å². The zero-order chi connectivity index (χ0) is 15.4. The molecule has 0 spiro atoms. The van der Waals surface area contributed by atoms with Gasteiger partial charge in [-0.2, -0.15) is 0 Å². The summed E-state index contributed by atoms with van der Waals surface area (Å²) in [7, 11) is 2.07. The number of thiophene rings is 1. The number of hydrogen-bond donors (Lipinski definition) is 2. The minimum Gasteiger partial charge on any atom is -0.298 e. The molecule has 1 aromatic heterocycles. The SMILES string of the molecule is Cc1sc(C(=O)NN)cc1CN(C)Cc1ccc(Br)cc1. The van der Waals surface area contributed by atoms with E-state index in [4.69, 9.17) is 5.84 Å². The lowest BCUT2D eigenvalue weighted by molar-refractivity contribution is 0.0957. The third-order valence-corrected chi connectivity index (χ3v) is 4.80. The number of hydrogen-bond acceptors (Lipinski definition) is 4. The zero-order valence-electron chi connectivity index (χ0n) is 12.0. The van der Waals surface area contributed by atoms with Crippen LogP contribution >= 0.6 is 27.3 Å². The van der Waals surface area contributed by atoms with E-state index in [0.29, 0.717) is 4.88 Å². The molecule has 4 nitrogen and oxygen atoms in total. The number of nitrogens with two attached hydrogens (primary N) is 1. The summed E-state index contributed by atoms with van der Waals surface area (Å²) < 4.78 is 1.08. The highest BCUT2D eigenvalue weighted by Crippen LogP contribution is 2.23. The highest BCUT2D eigenvalue weighted by Gasteiger charge is 2.12. The van der Waals surface area contributed by atoms with Crippen molar-refractivity contribution >= 4 is 33.2 Å². The number of amides is 1. The Bertz CT molecular complexity index is 624. The molecule has 1 amide bonds. The summed E-state index contributed by atoms with van der Waals surface area (Å²) in [6.07, 6.45) is 0. The predicted octanol–water partition coefficient (Wildman–Crippen LogP) is 3.05. The van der Waals surface area contributed by atoms with Gasteiger partial charge in [0.1, 0.15) is 0 Å². The van der Waals surface area contributed by atoms with Gasteiger partial charge in [-0.05, 0) is 43.3 Å². The monoisotopic (exact) mass is 367 g/mol. The number of aryl methyl sites for hydroxylation is 1. The molecular weight excluding hydrogens is 350 g/mol. The Morgan fingerprint density at radius 3 is 2.62 bits per heavy atom. The average Bonchev–Trinajstić information content (AvgIpc) is 2.82. The number of halogens is 1. The Labute approximate surface area is 137 Å². The van der Waals surface area contributed by atoms with Crippen molar-refractivity contribution in [1.29, 1.82) is 0 Å². The fraction of sp³-hybridized carbons (Fsp3) is 0.267. The molecule has 0 aliphatic rings. The van der Waals surface area contributed by atoms with Crippen molar-refractivity contribution in [3.8, 4) is 0 Å². The molecule has 1 aromatic carbocycles. The summed E-state index contributed by atoms with van der Waals surface area (Å²) >= 11 is 4.91. The quantitative estimate of drug-likeness (QED) is 0.485. The van der Waals surface area contributed by atoms with Crippen LogP contribution in [0.25, 0.3) is 0 Å². The lowest BCUT2D eigenvalue weighted by Gasteiger charge is -2.16. The van der Waals surface area contributed by atoms with Crippen molar-refractivity contribution in [2.24, 2.45) is 5.84 Å². The first-order valence-electron chi connectivity index (χ1n) is 6.53. The molecule has 0 unspecified atom stereocenters. The zero-order valence-corrected chi connectivity index (χ0v) is 14.4. The van der Waals surface area contributed by atoms with Crippen LogP contribution < -0.4 is 11.3 Å². The Morgan fingerprint density at radius 1 is 1.33 bits per heavy atom. The van der Waals surface area contributed by atoms with Gasteiger partial charge < -0.3 is 0 Å². The lowest BCUT2D eigenvalue weighted by atomic mass is 10.2. The summed E-state index contributed by atoms with van der Waals surface area (Å²) in [6.45, 7) is 3.69. The maximum absolute atomic E-state index is 11.5. The summed E-state index contributed by atoms with van der Waals surface area (Å²) in [5.41, 5.74) is 4.60. The van der Waals surface area contributed by atoms with E-state index in [1.165, 1.54) is 22.5 Å². The van der Waals surface area contributed by atoms with Crippen molar-refractivity contribution in [3.63, 3.8) is 0 Å². The Balaban J connectivity index is 2.02. The fourth-order valence-electron chi connectivity index (χ4n) is 2.11. The van der Waals surface area contributed by atoms with Gasteiger partial charge in [0, 0.05) is 22.4 Å². The first-order valence-corrected chi connectivity index (χ1v) is 8.14. The van der Waals surface area contributed by atoms with Crippen molar-refractivity contribution in [3.05, 3.63) is 55.7 Å². The topological polar surface area (TPSA) is 58.4 Å². The van der Waals surface area contributed by atoms with Gasteiger partial charge in [0.2, 0.25) is 0 Å². The van der Waals surface area contributed by atoms with Gasteiger partial charge in [0.05, 0.1) is 4.88 Å². The summed E-state index contributed by atoms with van der Waals surface area (Å²) in [4.78, 5) is 15.6. The number of carbonyl (C=O) groups excluding carboxylic acids is 1. The maximum atomic E-state index is 11.5. The molecule has 21 heavy (non-hydrogen) atoms. The molecule has 0 aliphatic heterocycles. The van der Waals surface area contributed by atoms with Crippen LogP contribution in [0.5, 0.6) is 0 Å². The molecule has 112 valence electrons. The predicted molar refractivity (Wildman–Crippen MR) is 90.0 cm³/mol. The number of nitrogens with zero attached hydrogens (tertiary/aromatic N) is 1. The third kappa shape index (κ3) is 4.38. The molecule has 0 saturated heterocycles. The number of nitrogens with one attached hydrogen (secondary N) is 1. The summed E-state index contributed by atoms with van der Waals surface area (Å²) in [5, 5.41) is 0. The van der Waals surface area contributed by atoms with Crippen LogP contribution in [-0.4, -0.2) is 17.9 Å². The average molecular weight is 368 g/mol. The van der Waals surface area contributed by atoms with E-state index in [9.17, 15) is 4.79 Å². The van der Waals surface area contributed by atoms with Crippen molar-refractivity contribution < 1.29 is 4.79 Å². The minimum absolute atomic E-state index is 0.232. The van der Waals surface area contributed by atoms with E-state index in [0.717, 1.165) is 22.4 Å². The molecule has 0 atom stereocenters. The van der Waals surface area contributed by atoms with E-state index >= 15 is 0 Å². The fourth-order valence-corrected chi connectivity index (χ4v) is 3.31. The second-order valence-electron chi connectivity index (χ2n) is 4.96. The van der Waals surface area contributed by atoms with Crippen LogP contribution in [0.15, 0.2) is 34.8 Å². The first-order chi connectivity index (χ1) is 9.99. The molecule has 3 N–H and O–H groups in total. The minimum atomic E-state index is -0.232. The molecule has 2 aromatic rings. The van der Waals surface area contributed by atoms with Crippen LogP contribution in [0.3, 0.4) is 0 Å². The number of hydrazine groups is 1. The maximum Gasteiger partial charge on any atom is 0.275 e. The molecule has 0 saturated carbocycles. The molecule has 6 heteroatoms. The second-order valence-corrected chi connectivity index (χ2v) is 7.14. The highest BCUT2D eigenvalue weighted by atomic mass is 79.9. The first kappa shape index (κ1) is 16.2. The van der Waals surface area contributed by atoms with Gasteiger partial charge in [0.25, 0.3) is 5.91 Å². The number of rotatable bonds is 5. The van der Waals surface area contributed by atoms with Gasteiger partial charge in [0.15, 0.2) is 0 Å². The van der Waals surface area contributed by atoms with Crippen LogP contribution in [0.2, 0.25) is 0 Å². The summed E-state index contributed by atoms with van der Waals surface area (Å²) in [6, 6.07) is 10.2. The Morgan fingerprint density at radius 2 is 2.00 bits per heavy atom. The number of benzene rings is 1. The van der Waals surface area contributed by atoms with E-state index < -0.39 is 0 Å². The van der Waals surface area contributed by atoms with Crippen LogP contribution in [0, 0.1) is 6.92 Å². The third-order valence-electron chi connectivity index (χ3n) is 3.18. The van der Waals surface area contributed by atoms with Gasteiger partial charge >= 0.3 is 0 Å². The lowest BCUT2D eigenvalue weighted by Crippen LogP contribution is -2.29. The molecule has 0 aliphatic carbocycles. The Hall–Kier alpha value is -1.21. The van der Waals surface area contributed by atoms with Gasteiger partial charge in [-0.15, -0.1) is 11.3 Å². The van der Waals surface area contributed by atoms with Crippen molar-refractivity contribution in [2.75, 3.05) is 7.05 Å². The molecule has 0 fully saturated rings. The molecular formula is C15H18BrN3OS. The largest absolute Gasteiger partial charge is 0.298 e. The van der Waals surface area contributed by atoms with E-state index in [1.54, 1.807) is 0 Å².